The van der Waals surface area contributed by atoms with Crippen LogP contribution < -0.4 is 4.90 Å². The summed E-state index contributed by atoms with van der Waals surface area (Å²) in [6, 6.07) is 0. The predicted molar refractivity (Wildman–Crippen MR) is 83.9 cm³/mol. The first-order chi connectivity index (χ1) is 10.6. The maximum absolute atomic E-state index is 12.0. The summed E-state index contributed by atoms with van der Waals surface area (Å²) >= 11 is 0. The van der Waals surface area contributed by atoms with E-state index in [1.54, 1.807) is 6.33 Å². The SMILES string of the molecule is CCCc1cncnc1N1CC2CCN(C)CC2(C(=O)O)C1. The van der Waals surface area contributed by atoms with Gasteiger partial charge in [-0.1, -0.05) is 13.3 Å². The molecule has 2 unspecified atom stereocenters. The van der Waals surface area contributed by atoms with Gasteiger partial charge >= 0.3 is 5.97 Å². The van der Waals surface area contributed by atoms with Crippen molar-refractivity contribution in [3.05, 3.63) is 18.1 Å². The van der Waals surface area contributed by atoms with Gasteiger partial charge in [-0.25, -0.2) is 9.97 Å². The number of hydrogen-bond donors (Lipinski definition) is 1. The van der Waals surface area contributed by atoms with Crippen molar-refractivity contribution in [1.29, 1.82) is 0 Å². The highest BCUT2D eigenvalue weighted by Crippen LogP contribution is 2.43. The molecule has 0 radical (unpaired) electrons. The largest absolute Gasteiger partial charge is 0.481 e. The van der Waals surface area contributed by atoms with Crippen LogP contribution in [-0.2, 0) is 11.2 Å². The molecule has 0 aliphatic carbocycles. The van der Waals surface area contributed by atoms with E-state index in [9.17, 15) is 9.90 Å². The summed E-state index contributed by atoms with van der Waals surface area (Å²) in [7, 11) is 2.01. The van der Waals surface area contributed by atoms with Crippen LogP contribution in [0.2, 0.25) is 0 Å². The number of aliphatic carboxylic acids is 1. The van der Waals surface area contributed by atoms with E-state index in [0.717, 1.165) is 43.7 Å². The third-order valence-corrected chi connectivity index (χ3v) is 5.12. The fourth-order valence-electron chi connectivity index (χ4n) is 4.01. The molecule has 2 saturated heterocycles. The molecular formula is C16H24N4O2. The van der Waals surface area contributed by atoms with Gasteiger partial charge < -0.3 is 14.9 Å². The highest BCUT2D eigenvalue weighted by atomic mass is 16.4. The second-order valence-electron chi connectivity index (χ2n) is 6.69. The lowest BCUT2D eigenvalue weighted by Crippen LogP contribution is -2.52. The van der Waals surface area contributed by atoms with Gasteiger partial charge in [0.05, 0.1) is 0 Å². The number of piperidine rings is 1. The van der Waals surface area contributed by atoms with Gasteiger partial charge in [-0.15, -0.1) is 0 Å². The molecule has 120 valence electrons. The Morgan fingerprint density at radius 3 is 3.05 bits per heavy atom. The highest BCUT2D eigenvalue weighted by molar-refractivity contribution is 5.78. The zero-order valence-electron chi connectivity index (χ0n) is 13.3. The number of carboxylic acids is 1. The molecule has 2 aliphatic heterocycles. The summed E-state index contributed by atoms with van der Waals surface area (Å²) in [5.74, 6) is 0.456. The molecule has 1 N–H and O–H groups in total. The Labute approximate surface area is 131 Å². The molecule has 0 saturated carbocycles. The third kappa shape index (κ3) is 2.45. The van der Waals surface area contributed by atoms with Crippen LogP contribution in [0.25, 0.3) is 0 Å². The van der Waals surface area contributed by atoms with Gasteiger partial charge in [0.2, 0.25) is 0 Å². The standard InChI is InChI=1S/C16H24N4O2/c1-3-4-12-7-17-11-18-14(12)20-8-13-5-6-19(2)9-16(13,10-20)15(21)22/h7,11,13H,3-6,8-10H2,1-2H3,(H,21,22). The minimum atomic E-state index is -0.669. The van der Waals surface area contributed by atoms with Crippen LogP contribution >= 0.6 is 0 Å². The molecule has 0 bridgehead atoms. The Hall–Kier alpha value is -1.69. The summed E-state index contributed by atoms with van der Waals surface area (Å²) in [6.45, 7) is 5.06. The molecule has 2 aliphatic rings. The maximum atomic E-state index is 12.0. The fourth-order valence-corrected chi connectivity index (χ4v) is 4.01. The first-order valence-corrected chi connectivity index (χ1v) is 8.02. The molecule has 0 spiro atoms. The number of rotatable bonds is 4. The molecule has 3 heterocycles. The average molecular weight is 304 g/mol. The molecule has 6 heteroatoms. The predicted octanol–water partition coefficient (Wildman–Crippen LogP) is 1.27. The van der Waals surface area contributed by atoms with Crippen molar-refractivity contribution >= 4 is 11.8 Å². The number of hydrogen-bond acceptors (Lipinski definition) is 5. The van der Waals surface area contributed by atoms with Gasteiger partial charge in [0.1, 0.15) is 17.6 Å². The second-order valence-corrected chi connectivity index (χ2v) is 6.69. The van der Waals surface area contributed by atoms with Crippen molar-refractivity contribution < 1.29 is 9.90 Å². The zero-order chi connectivity index (χ0) is 15.7. The van der Waals surface area contributed by atoms with E-state index in [4.69, 9.17) is 0 Å². The molecule has 0 amide bonds. The van der Waals surface area contributed by atoms with Crippen LogP contribution in [0.15, 0.2) is 12.5 Å². The molecule has 2 atom stereocenters. The van der Waals surface area contributed by atoms with E-state index in [-0.39, 0.29) is 5.92 Å². The van der Waals surface area contributed by atoms with E-state index in [1.165, 1.54) is 0 Å². The maximum Gasteiger partial charge on any atom is 0.313 e. The first-order valence-electron chi connectivity index (χ1n) is 8.02. The van der Waals surface area contributed by atoms with Crippen molar-refractivity contribution in [3.63, 3.8) is 0 Å². The van der Waals surface area contributed by atoms with Gasteiger partial charge in [0, 0.05) is 31.4 Å². The number of likely N-dealkylation sites (tertiary alicyclic amines) is 1. The monoisotopic (exact) mass is 304 g/mol. The Morgan fingerprint density at radius 2 is 2.32 bits per heavy atom. The Morgan fingerprint density at radius 1 is 1.50 bits per heavy atom. The lowest BCUT2D eigenvalue weighted by Gasteiger charge is -2.39. The van der Waals surface area contributed by atoms with Crippen LogP contribution in [-0.4, -0.2) is 59.2 Å². The highest BCUT2D eigenvalue weighted by Gasteiger charge is 2.55. The number of carboxylic acid groups (broad SMARTS) is 1. The lowest BCUT2D eigenvalue weighted by molar-refractivity contribution is -0.153. The summed E-state index contributed by atoms with van der Waals surface area (Å²) in [6.07, 6.45) is 6.33. The molecule has 1 aromatic heterocycles. The molecule has 2 fully saturated rings. The van der Waals surface area contributed by atoms with Crippen LogP contribution in [0.5, 0.6) is 0 Å². The minimum Gasteiger partial charge on any atom is -0.481 e. The summed E-state index contributed by atoms with van der Waals surface area (Å²) in [5, 5.41) is 9.87. The Bertz CT molecular complexity index is 565. The van der Waals surface area contributed by atoms with Crippen molar-refractivity contribution in [2.75, 3.05) is 38.1 Å². The van der Waals surface area contributed by atoms with Crippen molar-refractivity contribution in [1.82, 2.24) is 14.9 Å². The second kappa shape index (κ2) is 5.83. The first kappa shape index (κ1) is 15.2. The fraction of sp³-hybridized carbons (Fsp3) is 0.688. The Kier molecular flexibility index (Phi) is 4.04. The lowest BCUT2D eigenvalue weighted by atomic mass is 9.73. The van der Waals surface area contributed by atoms with Gasteiger partial charge in [-0.3, -0.25) is 4.79 Å². The number of aromatic nitrogens is 2. The van der Waals surface area contributed by atoms with Crippen molar-refractivity contribution in [2.45, 2.75) is 26.2 Å². The van der Waals surface area contributed by atoms with Crippen molar-refractivity contribution in [3.8, 4) is 0 Å². The van der Waals surface area contributed by atoms with Crippen LogP contribution in [0.1, 0.15) is 25.3 Å². The number of nitrogens with zero attached hydrogens (tertiary/aromatic N) is 4. The Balaban J connectivity index is 1.91. The van der Waals surface area contributed by atoms with Crippen LogP contribution in [0, 0.1) is 11.3 Å². The normalized spacial score (nSPS) is 28.6. The third-order valence-electron chi connectivity index (χ3n) is 5.12. The molecule has 22 heavy (non-hydrogen) atoms. The van der Waals surface area contributed by atoms with E-state index < -0.39 is 11.4 Å². The number of aryl methyl sites for hydroxylation is 1. The van der Waals surface area contributed by atoms with Gasteiger partial charge in [-0.2, -0.15) is 0 Å². The molecule has 1 aromatic rings. The summed E-state index contributed by atoms with van der Waals surface area (Å²) < 4.78 is 0. The molecular weight excluding hydrogens is 280 g/mol. The minimum absolute atomic E-state index is 0.200. The van der Waals surface area contributed by atoms with E-state index >= 15 is 0 Å². The topological polar surface area (TPSA) is 69.6 Å². The molecule has 0 aromatic carbocycles. The van der Waals surface area contributed by atoms with Crippen LogP contribution in [0.3, 0.4) is 0 Å². The summed E-state index contributed by atoms with van der Waals surface area (Å²) in [4.78, 5) is 24.9. The van der Waals surface area contributed by atoms with Gasteiger partial charge in [0.15, 0.2) is 0 Å². The van der Waals surface area contributed by atoms with Crippen molar-refractivity contribution in [2.24, 2.45) is 11.3 Å². The molecule has 6 nitrogen and oxygen atoms in total. The number of carbonyl (C=O) groups is 1. The quantitative estimate of drug-likeness (QED) is 0.903. The van der Waals surface area contributed by atoms with Gasteiger partial charge in [0.25, 0.3) is 0 Å². The molecule has 3 rings (SSSR count). The van der Waals surface area contributed by atoms with E-state index in [2.05, 4.69) is 26.7 Å². The van der Waals surface area contributed by atoms with Gasteiger partial charge in [-0.05, 0) is 32.4 Å². The average Bonchev–Trinajstić information content (AvgIpc) is 2.88. The summed E-state index contributed by atoms with van der Waals surface area (Å²) in [5.41, 5.74) is 0.457. The van der Waals surface area contributed by atoms with E-state index in [0.29, 0.717) is 13.1 Å². The zero-order valence-corrected chi connectivity index (χ0v) is 13.3. The smallest absolute Gasteiger partial charge is 0.313 e. The van der Waals surface area contributed by atoms with E-state index in [1.807, 2.05) is 13.2 Å². The van der Waals surface area contributed by atoms with Crippen LogP contribution in [0.4, 0.5) is 5.82 Å². The number of anilines is 1. The number of fused-ring (bicyclic) bond motifs is 1.